The van der Waals surface area contributed by atoms with Crippen LogP contribution in [0.15, 0.2) is 46.2 Å². The third-order valence-electron chi connectivity index (χ3n) is 2.85. The van der Waals surface area contributed by atoms with E-state index in [9.17, 15) is 15.3 Å². The zero-order valence-corrected chi connectivity index (χ0v) is 10.8. The Morgan fingerprint density at radius 3 is 2.45 bits per heavy atom. The van der Waals surface area contributed by atoms with Crippen LogP contribution in [0.1, 0.15) is 0 Å². The molecule has 2 aromatic carbocycles. The van der Waals surface area contributed by atoms with Crippen molar-refractivity contribution in [3.05, 3.63) is 51.7 Å². The zero-order valence-electron chi connectivity index (χ0n) is 9.94. The molecule has 0 spiro atoms. The Bertz CT molecular complexity index is 705. The van der Waals surface area contributed by atoms with Crippen LogP contribution in [-0.2, 0) is 0 Å². The van der Waals surface area contributed by atoms with E-state index in [0.29, 0.717) is 9.79 Å². The molecule has 3 rings (SSSR count). The van der Waals surface area contributed by atoms with Crippen molar-refractivity contribution >= 4 is 34.5 Å². The summed E-state index contributed by atoms with van der Waals surface area (Å²) in [5, 5.41) is 33.4. The minimum atomic E-state index is -0.458. The molecule has 0 aliphatic carbocycles. The van der Waals surface area contributed by atoms with Gasteiger partial charge in [0.05, 0.1) is 22.0 Å². The Labute approximate surface area is 117 Å². The maximum Gasteiger partial charge on any atom is 0.270 e. The first kappa shape index (κ1) is 12.7. The summed E-state index contributed by atoms with van der Waals surface area (Å²) in [6.45, 7) is 0. The number of rotatable bonds is 2. The van der Waals surface area contributed by atoms with Crippen LogP contribution >= 0.6 is 11.8 Å². The number of nitro groups is 1. The number of hydrogen-bond acceptors (Lipinski definition) is 7. The molecule has 0 amide bonds. The molecule has 102 valence electrons. The summed E-state index contributed by atoms with van der Waals surface area (Å²) >= 11 is 1.30. The van der Waals surface area contributed by atoms with Gasteiger partial charge in [-0.25, -0.2) is 0 Å². The average molecular weight is 290 g/mol. The van der Waals surface area contributed by atoms with E-state index in [1.54, 1.807) is 12.1 Å². The highest BCUT2D eigenvalue weighted by Gasteiger charge is 2.19. The van der Waals surface area contributed by atoms with Crippen molar-refractivity contribution in [2.75, 3.05) is 10.5 Å². The number of nitrogens with zero attached hydrogens (tertiary/aromatic N) is 2. The van der Waals surface area contributed by atoms with E-state index in [-0.39, 0.29) is 16.6 Å². The van der Waals surface area contributed by atoms with E-state index >= 15 is 0 Å². The van der Waals surface area contributed by atoms with Crippen LogP contribution < -0.4 is 10.5 Å². The number of nitro benzene ring substituents is 1. The Morgan fingerprint density at radius 2 is 1.80 bits per heavy atom. The number of anilines is 3. The standard InChI is InChI=1S/C12H8N3O4S/c16-14(17)7-1-3-9-11(5-7)20-12-6-8(15(18)19)2-4-10(12)13-9/h1-6,13,16H/q-1. The Hall–Kier alpha value is -2.29. The smallest absolute Gasteiger partial charge is 0.270 e. The fourth-order valence-corrected chi connectivity index (χ4v) is 2.95. The van der Waals surface area contributed by atoms with E-state index < -0.39 is 4.92 Å². The third kappa shape index (κ3) is 2.16. The predicted octanol–water partition coefficient (Wildman–Crippen LogP) is 3.50. The molecule has 1 aliphatic heterocycles. The number of non-ortho nitro benzene ring substituents is 1. The fraction of sp³-hybridized carbons (Fsp3) is 0. The van der Waals surface area contributed by atoms with E-state index in [1.807, 2.05) is 0 Å². The first-order chi connectivity index (χ1) is 9.54. The molecule has 0 atom stereocenters. The van der Waals surface area contributed by atoms with Gasteiger partial charge in [-0.15, -0.1) is 0 Å². The minimum absolute atomic E-state index is 0.00487. The van der Waals surface area contributed by atoms with Gasteiger partial charge in [-0.3, -0.25) is 15.3 Å². The normalized spacial score (nSPS) is 12.1. The lowest BCUT2D eigenvalue weighted by Gasteiger charge is -2.25. The number of fused-ring (bicyclic) bond motifs is 2. The van der Waals surface area contributed by atoms with Crippen molar-refractivity contribution in [1.82, 2.24) is 0 Å². The number of benzene rings is 2. The third-order valence-corrected chi connectivity index (χ3v) is 3.97. The summed E-state index contributed by atoms with van der Waals surface area (Å²) in [5.74, 6) is 0. The summed E-state index contributed by atoms with van der Waals surface area (Å²) in [5.41, 5.74) is 1.66. The highest BCUT2D eigenvalue weighted by Crippen LogP contribution is 2.46. The molecule has 8 heteroatoms. The zero-order chi connectivity index (χ0) is 14.3. The highest BCUT2D eigenvalue weighted by molar-refractivity contribution is 7.99. The van der Waals surface area contributed by atoms with Gasteiger partial charge in [0, 0.05) is 21.9 Å². The molecule has 0 saturated heterocycles. The molecule has 2 aromatic rings. The van der Waals surface area contributed by atoms with Gasteiger partial charge in [0.1, 0.15) is 0 Å². The lowest BCUT2D eigenvalue weighted by molar-refractivity contribution is -0.385. The van der Waals surface area contributed by atoms with Crippen LogP contribution in [0, 0.1) is 15.3 Å². The van der Waals surface area contributed by atoms with Crippen LogP contribution in [-0.4, -0.2) is 10.1 Å². The quantitative estimate of drug-likeness (QED) is 0.550. The Balaban J connectivity index is 2.01. The molecule has 1 heterocycles. The lowest BCUT2D eigenvalue weighted by atomic mass is 10.2. The Morgan fingerprint density at radius 1 is 1.15 bits per heavy atom. The van der Waals surface area contributed by atoms with Gasteiger partial charge < -0.3 is 15.8 Å². The average Bonchev–Trinajstić information content (AvgIpc) is 2.43. The summed E-state index contributed by atoms with van der Waals surface area (Å²) in [6.07, 6.45) is 0. The van der Waals surface area contributed by atoms with E-state index in [2.05, 4.69) is 5.32 Å². The molecule has 0 bridgehead atoms. The molecule has 20 heavy (non-hydrogen) atoms. The van der Waals surface area contributed by atoms with E-state index in [1.165, 1.54) is 36.0 Å². The maximum absolute atomic E-state index is 10.9. The molecule has 7 nitrogen and oxygen atoms in total. The SMILES string of the molecule is O=[N+]([O-])c1ccc2c(c1)Sc1cc(N([O-])O)ccc1N2. The van der Waals surface area contributed by atoms with Gasteiger partial charge in [0.25, 0.3) is 5.69 Å². The van der Waals surface area contributed by atoms with Gasteiger partial charge in [-0.2, -0.15) is 0 Å². The van der Waals surface area contributed by atoms with Crippen molar-refractivity contribution < 1.29 is 10.1 Å². The summed E-state index contributed by atoms with van der Waals surface area (Å²) < 4.78 is 0. The second-order valence-electron chi connectivity index (χ2n) is 4.12. The molecule has 0 fully saturated rings. The van der Waals surface area contributed by atoms with Gasteiger partial charge in [-0.1, -0.05) is 11.8 Å². The summed E-state index contributed by atoms with van der Waals surface area (Å²) in [6, 6.07) is 9.21. The molecular weight excluding hydrogens is 282 g/mol. The van der Waals surface area contributed by atoms with Crippen molar-refractivity contribution in [3.63, 3.8) is 0 Å². The first-order valence-electron chi connectivity index (χ1n) is 5.58. The lowest BCUT2D eigenvalue weighted by Crippen LogP contribution is -2.08. The van der Waals surface area contributed by atoms with Gasteiger partial charge in [-0.05, 0) is 24.3 Å². The van der Waals surface area contributed by atoms with Crippen LogP contribution in [0.4, 0.5) is 22.7 Å². The Kier molecular flexibility index (Phi) is 2.97. The monoisotopic (exact) mass is 290 g/mol. The second kappa shape index (κ2) is 4.67. The summed E-state index contributed by atoms with van der Waals surface area (Å²) in [7, 11) is 0. The van der Waals surface area contributed by atoms with Crippen molar-refractivity contribution in [1.29, 1.82) is 0 Å². The van der Waals surface area contributed by atoms with E-state index in [4.69, 9.17) is 5.21 Å². The molecule has 0 aromatic heterocycles. The van der Waals surface area contributed by atoms with Crippen LogP contribution in [0.2, 0.25) is 0 Å². The highest BCUT2D eigenvalue weighted by atomic mass is 32.2. The molecule has 0 unspecified atom stereocenters. The van der Waals surface area contributed by atoms with Gasteiger partial charge in [0.15, 0.2) is 0 Å². The molecule has 0 radical (unpaired) electrons. The predicted molar refractivity (Wildman–Crippen MR) is 74.6 cm³/mol. The van der Waals surface area contributed by atoms with Crippen molar-refractivity contribution in [2.45, 2.75) is 9.79 Å². The molecule has 2 N–H and O–H groups in total. The number of hydrogen-bond donors (Lipinski definition) is 2. The largest absolute Gasteiger partial charge is 0.733 e. The van der Waals surface area contributed by atoms with Crippen molar-refractivity contribution in [3.8, 4) is 0 Å². The molecular formula is C12H8N3O4S-. The second-order valence-corrected chi connectivity index (χ2v) is 5.20. The van der Waals surface area contributed by atoms with Gasteiger partial charge in [0.2, 0.25) is 0 Å². The number of nitrogens with one attached hydrogen (secondary N) is 1. The topological polar surface area (TPSA) is 102 Å². The van der Waals surface area contributed by atoms with Crippen LogP contribution in [0.3, 0.4) is 0 Å². The summed E-state index contributed by atoms with van der Waals surface area (Å²) in [4.78, 5) is 11.7. The molecule has 1 aliphatic rings. The van der Waals surface area contributed by atoms with Crippen molar-refractivity contribution in [2.24, 2.45) is 0 Å². The molecule has 0 saturated carbocycles. The maximum atomic E-state index is 10.9. The minimum Gasteiger partial charge on any atom is -0.733 e. The fourth-order valence-electron chi connectivity index (χ4n) is 1.89. The van der Waals surface area contributed by atoms with Crippen LogP contribution in [0.5, 0.6) is 0 Å². The first-order valence-corrected chi connectivity index (χ1v) is 6.40. The van der Waals surface area contributed by atoms with Gasteiger partial charge >= 0.3 is 0 Å². The van der Waals surface area contributed by atoms with Crippen LogP contribution in [0.25, 0.3) is 0 Å². The van der Waals surface area contributed by atoms with E-state index in [0.717, 1.165) is 11.4 Å².